The van der Waals surface area contributed by atoms with Crippen LogP contribution in [0.5, 0.6) is 0 Å². The molecule has 33 heavy (non-hydrogen) atoms. The maximum Gasteiger partial charge on any atom is 0.226 e. The van der Waals surface area contributed by atoms with Crippen LogP contribution in [0.15, 0.2) is 77.5 Å². The first-order chi connectivity index (χ1) is 15.8. The van der Waals surface area contributed by atoms with Crippen molar-refractivity contribution in [3.05, 3.63) is 84.2 Å². The molecule has 0 unspecified atom stereocenters. The summed E-state index contributed by atoms with van der Waals surface area (Å²) < 4.78 is 6.11. The van der Waals surface area contributed by atoms with Crippen LogP contribution in [0.25, 0.3) is 44.5 Å². The average molecular weight is 435 g/mol. The van der Waals surface area contributed by atoms with Crippen molar-refractivity contribution in [3.63, 3.8) is 0 Å². The highest BCUT2D eigenvalue weighted by Crippen LogP contribution is 2.35. The second-order valence-corrected chi connectivity index (χ2v) is 10.4. The van der Waals surface area contributed by atoms with Gasteiger partial charge in [-0.3, -0.25) is 4.98 Å². The summed E-state index contributed by atoms with van der Waals surface area (Å²) >= 11 is 0. The molecule has 166 valence electrons. The largest absolute Gasteiger partial charge is 0.438 e. The zero-order chi connectivity index (χ0) is 23.2. The third-order valence-electron chi connectivity index (χ3n) is 6.08. The number of rotatable bonds is 4. The summed E-state index contributed by atoms with van der Waals surface area (Å²) in [6.07, 6.45) is 4.80. The van der Waals surface area contributed by atoms with E-state index in [1.54, 1.807) is 0 Å². The van der Waals surface area contributed by atoms with Gasteiger partial charge < -0.3 is 4.42 Å². The van der Waals surface area contributed by atoms with Crippen LogP contribution in [0, 0.1) is 5.92 Å². The van der Waals surface area contributed by atoms with Crippen molar-refractivity contribution in [2.45, 2.75) is 46.5 Å². The molecule has 5 aromatic rings. The van der Waals surface area contributed by atoms with Gasteiger partial charge in [0.2, 0.25) is 5.71 Å². The molecule has 0 aliphatic rings. The molecule has 0 bridgehead atoms. The van der Waals surface area contributed by atoms with Crippen LogP contribution in [0.1, 0.15) is 45.7 Å². The predicted molar refractivity (Wildman–Crippen MR) is 137 cm³/mol. The molecule has 3 heterocycles. The highest BCUT2D eigenvalue weighted by Gasteiger charge is 2.19. The van der Waals surface area contributed by atoms with Crippen LogP contribution in [-0.4, -0.2) is 9.97 Å². The smallest absolute Gasteiger partial charge is 0.226 e. The monoisotopic (exact) mass is 434 g/mol. The summed E-state index contributed by atoms with van der Waals surface area (Å²) in [7, 11) is 0. The molecule has 2 aromatic carbocycles. The lowest BCUT2D eigenvalue weighted by Crippen LogP contribution is -2.12. The molecule has 0 N–H and O–H groups in total. The van der Waals surface area contributed by atoms with Crippen molar-refractivity contribution in [2.24, 2.45) is 5.92 Å². The maximum atomic E-state index is 6.11. The van der Waals surface area contributed by atoms with Crippen molar-refractivity contribution in [1.29, 1.82) is 0 Å². The zero-order valence-electron chi connectivity index (χ0n) is 20.0. The first-order valence-corrected chi connectivity index (χ1v) is 11.7. The average Bonchev–Trinajstić information content (AvgIpc) is 3.21. The van der Waals surface area contributed by atoms with Gasteiger partial charge in [-0.15, -0.1) is 0 Å². The highest BCUT2D eigenvalue weighted by molar-refractivity contribution is 5.91. The van der Waals surface area contributed by atoms with Gasteiger partial charge in [0.1, 0.15) is 5.76 Å². The van der Waals surface area contributed by atoms with E-state index in [0.717, 1.165) is 34.4 Å². The molecule has 0 fully saturated rings. The normalized spacial score (nSPS) is 12.2. The van der Waals surface area contributed by atoms with E-state index in [-0.39, 0.29) is 5.41 Å². The molecule has 0 aliphatic heterocycles. The summed E-state index contributed by atoms with van der Waals surface area (Å²) in [5, 5.41) is 3.57. The molecular weight excluding hydrogens is 404 g/mol. The number of aromatic nitrogens is 2. The Balaban J connectivity index is 1.58. The summed E-state index contributed by atoms with van der Waals surface area (Å²) in [6.45, 7) is 11.2. The number of hydrogen-bond acceptors (Lipinski definition) is 3. The molecule has 0 atom stereocenters. The second-order valence-electron chi connectivity index (χ2n) is 10.4. The fraction of sp³-hybridized carbons (Fsp3) is 0.267. The minimum absolute atomic E-state index is 0.0331. The Hall–Kier alpha value is -3.46. The molecule has 0 aliphatic carbocycles. The minimum atomic E-state index is 0.0331. The Morgan fingerprint density at radius 1 is 0.848 bits per heavy atom. The van der Waals surface area contributed by atoms with Crippen LogP contribution in [-0.2, 0) is 11.8 Å². The number of pyridine rings is 2. The molecule has 0 spiro atoms. The molecule has 3 aromatic heterocycles. The Kier molecular flexibility index (Phi) is 5.28. The van der Waals surface area contributed by atoms with Gasteiger partial charge in [-0.05, 0) is 76.1 Å². The Morgan fingerprint density at radius 3 is 2.45 bits per heavy atom. The maximum absolute atomic E-state index is 6.11. The first-order valence-electron chi connectivity index (χ1n) is 11.7. The fourth-order valence-electron chi connectivity index (χ4n) is 4.52. The Bertz CT molecular complexity index is 1450. The predicted octanol–water partition coefficient (Wildman–Crippen LogP) is 8.21. The number of nitrogens with zero attached hydrogens (tertiary/aromatic N) is 2. The molecule has 0 saturated heterocycles. The van der Waals surface area contributed by atoms with E-state index in [9.17, 15) is 0 Å². The minimum Gasteiger partial charge on any atom is -0.438 e. The summed E-state index contributed by atoms with van der Waals surface area (Å²) in [5.74, 6) is 1.41. The summed E-state index contributed by atoms with van der Waals surface area (Å²) in [6, 6.07) is 21.5. The molecule has 0 radical (unpaired) electrons. The van der Waals surface area contributed by atoms with Crippen LogP contribution >= 0.6 is 0 Å². The van der Waals surface area contributed by atoms with E-state index in [2.05, 4.69) is 94.2 Å². The molecule has 3 nitrogen and oxygen atoms in total. The van der Waals surface area contributed by atoms with Crippen LogP contribution in [0.3, 0.4) is 0 Å². The lowest BCUT2D eigenvalue weighted by molar-refractivity contribution is 0.596. The van der Waals surface area contributed by atoms with E-state index in [4.69, 9.17) is 9.40 Å². The van der Waals surface area contributed by atoms with Crippen LogP contribution < -0.4 is 0 Å². The zero-order valence-corrected chi connectivity index (χ0v) is 20.0. The highest BCUT2D eigenvalue weighted by atomic mass is 16.3. The van der Waals surface area contributed by atoms with Gasteiger partial charge in [0.05, 0.1) is 5.69 Å². The molecular formula is C30H30N2O. The topological polar surface area (TPSA) is 38.9 Å². The number of benzene rings is 2. The van der Waals surface area contributed by atoms with Crippen molar-refractivity contribution in [3.8, 4) is 22.6 Å². The van der Waals surface area contributed by atoms with Gasteiger partial charge in [-0.25, -0.2) is 4.98 Å². The fourth-order valence-corrected chi connectivity index (χ4v) is 4.52. The number of hydrogen-bond donors (Lipinski definition) is 0. The molecule has 0 saturated carbocycles. The van der Waals surface area contributed by atoms with E-state index >= 15 is 0 Å². The standard InChI is InChI=1S/C30H30N2O/c1-19(2)12-20-13-24-17-28(33-29(24)32-18-20)22-10-11-31-27(16-22)23-14-21-8-6-7-9-25(21)26(15-23)30(3,4)5/h6-11,13-19H,12H2,1-5H3. The van der Waals surface area contributed by atoms with Crippen molar-refractivity contribution in [1.82, 2.24) is 9.97 Å². The molecule has 0 amide bonds. The van der Waals surface area contributed by atoms with Crippen LogP contribution in [0.2, 0.25) is 0 Å². The van der Waals surface area contributed by atoms with E-state index in [1.807, 2.05) is 18.5 Å². The van der Waals surface area contributed by atoms with Crippen molar-refractivity contribution in [2.75, 3.05) is 0 Å². The van der Waals surface area contributed by atoms with Gasteiger partial charge in [0.25, 0.3) is 0 Å². The number of furan rings is 1. The molecule has 3 heteroatoms. The van der Waals surface area contributed by atoms with E-state index in [1.165, 1.54) is 21.9 Å². The number of fused-ring (bicyclic) bond motifs is 2. The third-order valence-corrected chi connectivity index (χ3v) is 6.08. The lowest BCUT2D eigenvalue weighted by atomic mass is 9.82. The van der Waals surface area contributed by atoms with Gasteiger partial charge in [-0.2, -0.15) is 0 Å². The second kappa shape index (κ2) is 8.15. The van der Waals surface area contributed by atoms with E-state index in [0.29, 0.717) is 11.6 Å². The first kappa shape index (κ1) is 21.4. The summed E-state index contributed by atoms with van der Waals surface area (Å²) in [5.41, 5.74) is 6.35. The molecule has 5 rings (SSSR count). The van der Waals surface area contributed by atoms with E-state index < -0.39 is 0 Å². The van der Waals surface area contributed by atoms with Gasteiger partial charge in [0.15, 0.2) is 0 Å². The summed E-state index contributed by atoms with van der Waals surface area (Å²) in [4.78, 5) is 9.26. The Labute approximate surface area is 195 Å². The Morgan fingerprint density at radius 2 is 1.67 bits per heavy atom. The SMILES string of the molecule is CC(C)Cc1cnc2oc(-c3ccnc(-c4cc(C(C)(C)C)c5ccccc5c4)c3)cc2c1. The van der Waals surface area contributed by atoms with Crippen LogP contribution in [0.4, 0.5) is 0 Å². The van der Waals surface area contributed by atoms with Gasteiger partial charge >= 0.3 is 0 Å². The van der Waals surface area contributed by atoms with Gasteiger partial charge in [0, 0.05) is 28.9 Å². The van der Waals surface area contributed by atoms with Crippen molar-refractivity contribution >= 4 is 21.9 Å². The third kappa shape index (κ3) is 4.28. The van der Waals surface area contributed by atoms with Crippen molar-refractivity contribution < 1.29 is 4.42 Å². The quantitative estimate of drug-likeness (QED) is 0.286. The lowest BCUT2D eigenvalue weighted by Gasteiger charge is -2.22. The van der Waals surface area contributed by atoms with Gasteiger partial charge in [-0.1, -0.05) is 58.9 Å².